The highest BCUT2D eigenvalue weighted by Crippen LogP contribution is 2.10. The lowest BCUT2D eigenvalue weighted by molar-refractivity contribution is 0.0956. The second-order valence-electron chi connectivity index (χ2n) is 5.51. The van der Waals surface area contributed by atoms with E-state index in [1.165, 1.54) is 5.57 Å². The van der Waals surface area contributed by atoms with E-state index >= 15 is 0 Å². The molecule has 22 heavy (non-hydrogen) atoms. The molecule has 0 aliphatic carbocycles. The van der Waals surface area contributed by atoms with Crippen molar-refractivity contribution in [2.24, 2.45) is 0 Å². The Morgan fingerprint density at radius 1 is 1.36 bits per heavy atom. The molecular weight excluding hydrogens is 276 g/mol. The molecule has 0 fully saturated rings. The summed E-state index contributed by atoms with van der Waals surface area (Å²) in [5, 5.41) is 10.5. The Labute approximate surface area is 130 Å². The summed E-state index contributed by atoms with van der Waals surface area (Å²) in [7, 11) is 0. The Morgan fingerprint density at radius 3 is 2.82 bits per heavy atom. The molecule has 3 rings (SSSR count). The highest BCUT2D eigenvalue weighted by molar-refractivity contribution is 5.94. The molecule has 0 atom stereocenters. The largest absolute Gasteiger partial charge is 0.348 e. The van der Waals surface area contributed by atoms with E-state index in [4.69, 9.17) is 0 Å². The lowest BCUT2D eigenvalue weighted by Crippen LogP contribution is -2.29. The van der Waals surface area contributed by atoms with Crippen molar-refractivity contribution in [3.63, 3.8) is 0 Å². The number of hydrogen-bond acceptors (Lipinski definition) is 3. The molecule has 0 saturated heterocycles. The topological polar surface area (TPSA) is 59.0 Å². The number of nitrogens with one attached hydrogen (secondary N) is 2. The number of carbonyl (C=O) groups excluding carboxylic acids is 1. The second-order valence-corrected chi connectivity index (χ2v) is 5.51. The summed E-state index contributed by atoms with van der Waals surface area (Å²) in [5.41, 5.74) is 4.01. The molecule has 0 radical (unpaired) electrons. The smallest absolute Gasteiger partial charge is 0.251 e. The molecule has 0 spiro atoms. The Bertz CT molecular complexity index is 685. The van der Waals surface area contributed by atoms with Gasteiger partial charge in [0.05, 0.1) is 11.9 Å². The minimum atomic E-state index is -0.0392. The summed E-state index contributed by atoms with van der Waals surface area (Å²) in [6, 6.07) is 7.48. The standard InChI is InChI=1S/C17H20N4O/c1-13-10-20-21(12-13)16-4-2-15(3-5-16)17(22)19-11-14-6-8-18-9-7-14/h2-6,10,12,18H,7-9,11H2,1H3,(H,19,22). The first kappa shape index (κ1) is 14.5. The van der Waals surface area contributed by atoms with Crippen LogP contribution in [0.25, 0.3) is 5.69 Å². The van der Waals surface area contributed by atoms with Crippen molar-refractivity contribution < 1.29 is 4.79 Å². The van der Waals surface area contributed by atoms with Crippen molar-refractivity contribution >= 4 is 5.91 Å². The average Bonchev–Trinajstić information content (AvgIpc) is 3.00. The second kappa shape index (κ2) is 6.58. The van der Waals surface area contributed by atoms with Gasteiger partial charge in [-0.25, -0.2) is 4.68 Å². The SMILES string of the molecule is Cc1cnn(-c2ccc(C(=O)NCC3=CCNCC3)cc2)c1. The Hall–Kier alpha value is -2.40. The molecule has 1 aromatic carbocycles. The van der Waals surface area contributed by atoms with E-state index in [1.807, 2.05) is 43.6 Å². The zero-order valence-corrected chi connectivity index (χ0v) is 12.7. The number of amides is 1. The van der Waals surface area contributed by atoms with Crippen LogP contribution in [0.5, 0.6) is 0 Å². The number of rotatable bonds is 4. The number of nitrogens with zero attached hydrogens (tertiary/aromatic N) is 2. The van der Waals surface area contributed by atoms with Gasteiger partial charge in [-0.1, -0.05) is 11.6 Å². The normalized spacial score (nSPS) is 14.5. The third kappa shape index (κ3) is 3.43. The fourth-order valence-electron chi connectivity index (χ4n) is 2.45. The van der Waals surface area contributed by atoms with Gasteiger partial charge in [0.25, 0.3) is 5.91 Å². The maximum atomic E-state index is 12.2. The van der Waals surface area contributed by atoms with Gasteiger partial charge < -0.3 is 10.6 Å². The Kier molecular flexibility index (Phi) is 4.34. The van der Waals surface area contributed by atoms with E-state index in [1.54, 1.807) is 4.68 Å². The third-order valence-corrected chi connectivity index (χ3v) is 3.74. The Morgan fingerprint density at radius 2 is 2.18 bits per heavy atom. The van der Waals surface area contributed by atoms with Crippen molar-refractivity contribution in [2.75, 3.05) is 19.6 Å². The van der Waals surface area contributed by atoms with Crippen molar-refractivity contribution in [1.82, 2.24) is 20.4 Å². The van der Waals surface area contributed by atoms with Gasteiger partial charge in [0, 0.05) is 24.8 Å². The van der Waals surface area contributed by atoms with Crippen LogP contribution in [-0.4, -0.2) is 35.3 Å². The fourth-order valence-corrected chi connectivity index (χ4v) is 2.45. The molecule has 1 aliphatic rings. The zero-order chi connectivity index (χ0) is 15.4. The lowest BCUT2D eigenvalue weighted by atomic mass is 10.1. The van der Waals surface area contributed by atoms with Crippen LogP contribution in [0.2, 0.25) is 0 Å². The molecule has 0 bridgehead atoms. The van der Waals surface area contributed by atoms with Crippen LogP contribution in [-0.2, 0) is 0 Å². The van der Waals surface area contributed by atoms with Gasteiger partial charge in [0.2, 0.25) is 0 Å². The molecule has 0 saturated carbocycles. The maximum absolute atomic E-state index is 12.2. The summed E-state index contributed by atoms with van der Waals surface area (Å²) < 4.78 is 1.80. The quantitative estimate of drug-likeness (QED) is 0.846. The highest BCUT2D eigenvalue weighted by Gasteiger charge is 2.08. The summed E-state index contributed by atoms with van der Waals surface area (Å²) in [6.07, 6.45) is 6.91. The molecule has 2 aromatic rings. The minimum Gasteiger partial charge on any atom is -0.348 e. The maximum Gasteiger partial charge on any atom is 0.251 e. The predicted molar refractivity (Wildman–Crippen MR) is 86.2 cm³/mol. The van der Waals surface area contributed by atoms with E-state index in [9.17, 15) is 4.79 Å². The molecule has 1 amide bonds. The van der Waals surface area contributed by atoms with Gasteiger partial charge in [0.1, 0.15) is 0 Å². The van der Waals surface area contributed by atoms with Gasteiger partial charge >= 0.3 is 0 Å². The molecule has 2 N–H and O–H groups in total. The van der Waals surface area contributed by atoms with Crippen LogP contribution >= 0.6 is 0 Å². The summed E-state index contributed by atoms with van der Waals surface area (Å²) in [4.78, 5) is 12.2. The van der Waals surface area contributed by atoms with Crippen molar-refractivity contribution in [3.05, 3.63) is 59.4 Å². The number of aryl methyl sites for hydroxylation is 1. The van der Waals surface area contributed by atoms with Crippen LogP contribution in [0.15, 0.2) is 48.3 Å². The Balaban J connectivity index is 1.62. The van der Waals surface area contributed by atoms with Crippen LogP contribution in [0.1, 0.15) is 22.3 Å². The van der Waals surface area contributed by atoms with Crippen LogP contribution in [0, 0.1) is 6.92 Å². The molecule has 114 valence electrons. The number of benzene rings is 1. The van der Waals surface area contributed by atoms with Crippen molar-refractivity contribution in [2.45, 2.75) is 13.3 Å². The van der Waals surface area contributed by atoms with E-state index in [0.29, 0.717) is 12.1 Å². The minimum absolute atomic E-state index is 0.0392. The van der Waals surface area contributed by atoms with Gasteiger partial charge in [-0.15, -0.1) is 0 Å². The first-order chi connectivity index (χ1) is 10.7. The van der Waals surface area contributed by atoms with E-state index in [-0.39, 0.29) is 5.91 Å². The first-order valence-corrected chi connectivity index (χ1v) is 7.51. The van der Waals surface area contributed by atoms with Gasteiger partial charge in [0.15, 0.2) is 0 Å². The predicted octanol–water partition coefficient (Wildman–Crippen LogP) is 1.83. The van der Waals surface area contributed by atoms with Gasteiger partial charge in [-0.3, -0.25) is 4.79 Å². The molecule has 1 aromatic heterocycles. The average molecular weight is 296 g/mol. The number of aromatic nitrogens is 2. The van der Waals surface area contributed by atoms with Crippen LogP contribution in [0.3, 0.4) is 0 Å². The van der Waals surface area contributed by atoms with E-state index in [2.05, 4.69) is 21.8 Å². The highest BCUT2D eigenvalue weighted by atomic mass is 16.1. The van der Waals surface area contributed by atoms with Crippen molar-refractivity contribution in [3.8, 4) is 5.69 Å². The monoisotopic (exact) mass is 296 g/mol. The van der Waals surface area contributed by atoms with Crippen LogP contribution in [0.4, 0.5) is 0 Å². The van der Waals surface area contributed by atoms with E-state index in [0.717, 1.165) is 30.8 Å². The number of hydrogen-bond donors (Lipinski definition) is 2. The summed E-state index contributed by atoms with van der Waals surface area (Å²) >= 11 is 0. The third-order valence-electron chi connectivity index (χ3n) is 3.74. The first-order valence-electron chi connectivity index (χ1n) is 7.51. The van der Waals surface area contributed by atoms with Gasteiger partial charge in [-0.05, 0) is 49.7 Å². The van der Waals surface area contributed by atoms with Gasteiger partial charge in [-0.2, -0.15) is 5.10 Å². The number of carbonyl (C=O) groups is 1. The fraction of sp³-hybridized carbons (Fsp3) is 0.294. The molecule has 5 heteroatoms. The van der Waals surface area contributed by atoms with Crippen molar-refractivity contribution in [1.29, 1.82) is 0 Å². The molecular formula is C17H20N4O. The van der Waals surface area contributed by atoms with E-state index < -0.39 is 0 Å². The molecule has 0 unspecified atom stereocenters. The molecule has 1 aliphatic heterocycles. The lowest BCUT2D eigenvalue weighted by Gasteiger charge is -2.14. The summed E-state index contributed by atoms with van der Waals surface area (Å²) in [6.45, 7) is 4.50. The summed E-state index contributed by atoms with van der Waals surface area (Å²) in [5.74, 6) is -0.0392. The zero-order valence-electron chi connectivity index (χ0n) is 12.7. The van der Waals surface area contributed by atoms with Crippen LogP contribution < -0.4 is 10.6 Å². The molecule has 5 nitrogen and oxygen atoms in total. The molecule has 2 heterocycles.